The average Bonchev–Trinajstić information content (AvgIpc) is 3.10. The second kappa shape index (κ2) is 6.82. The molecule has 1 heterocycles. The highest BCUT2D eigenvalue weighted by Crippen LogP contribution is 2.31. The lowest BCUT2D eigenvalue weighted by Crippen LogP contribution is -2.13. The van der Waals surface area contributed by atoms with Crippen molar-refractivity contribution in [2.75, 3.05) is 19.5 Å². The van der Waals surface area contributed by atoms with Crippen LogP contribution < -0.4 is 14.8 Å². The normalized spacial score (nSPS) is 10.2. The summed E-state index contributed by atoms with van der Waals surface area (Å²) in [5.41, 5.74) is 1.07. The number of nitrogens with zero attached hydrogens (tertiary/aromatic N) is 2. The average molecular weight is 325 g/mol. The quantitative estimate of drug-likeness (QED) is 0.776. The van der Waals surface area contributed by atoms with Crippen molar-refractivity contribution in [2.24, 2.45) is 0 Å². The van der Waals surface area contributed by atoms with Gasteiger partial charge in [-0.3, -0.25) is 10.1 Å². The fourth-order valence-electron chi connectivity index (χ4n) is 2.20. The Bertz CT molecular complexity index is 846. The zero-order valence-electron chi connectivity index (χ0n) is 13.1. The van der Waals surface area contributed by atoms with Crippen LogP contribution in [0, 0.1) is 0 Å². The number of hydrogen-bond acceptors (Lipinski definition) is 6. The molecule has 24 heavy (non-hydrogen) atoms. The van der Waals surface area contributed by atoms with Gasteiger partial charge < -0.3 is 13.9 Å². The number of anilines is 1. The molecule has 0 bridgehead atoms. The summed E-state index contributed by atoms with van der Waals surface area (Å²) in [5, 5.41) is 10.3. The van der Waals surface area contributed by atoms with E-state index in [-0.39, 0.29) is 6.01 Å². The number of methoxy groups -OCH3 is 2. The molecule has 0 aliphatic heterocycles. The van der Waals surface area contributed by atoms with Gasteiger partial charge in [0.25, 0.3) is 5.91 Å². The van der Waals surface area contributed by atoms with Crippen molar-refractivity contribution >= 4 is 11.9 Å². The summed E-state index contributed by atoms with van der Waals surface area (Å²) >= 11 is 0. The fraction of sp³-hybridized carbons (Fsp3) is 0.118. The molecule has 1 amide bonds. The van der Waals surface area contributed by atoms with E-state index in [0.717, 1.165) is 5.56 Å². The molecular weight excluding hydrogens is 310 g/mol. The molecule has 0 unspecified atom stereocenters. The van der Waals surface area contributed by atoms with Gasteiger partial charge in [0.2, 0.25) is 5.89 Å². The number of carbonyl (C=O) groups is 1. The number of amides is 1. The zero-order valence-corrected chi connectivity index (χ0v) is 13.1. The van der Waals surface area contributed by atoms with Gasteiger partial charge >= 0.3 is 6.01 Å². The van der Waals surface area contributed by atoms with Crippen LogP contribution in [0.2, 0.25) is 0 Å². The highest BCUT2D eigenvalue weighted by Gasteiger charge is 2.18. The predicted molar refractivity (Wildman–Crippen MR) is 87.2 cm³/mol. The van der Waals surface area contributed by atoms with E-state index in [9.17, 15) is 4.79 Å². The zero-order chi connectivity index (χ0) is 16.9. The van der Waals surface area contributed by atoms with Crippen molar-refractivity contribution in [3.8, 4) is 23.0 Å². The van der Waals surface area contributed by atoms with E-state index in [4.69, 9.17) is 13.9 Å². The van der Waals surface area contributed by atoms with Crippen LogP contribution in [-0.2, 0) is 0 Å². The van der Waals surface area contributed by atoms with Crippen molar-refractivity contribution in [1.82, 2.24) is 10.2 Å². The molecule has 1 N–H and O–H groups in total. The van der Waals surface area contributed by atoms with Crippen LogP contribution in [0.4, 0.5) is 6.01 Å². The van der Waals surface area contributed by atoms with Gasteiger partial charge in [0.1, 0.15) is 0 Å². The van der Waals surface area contributed by atoms with Gasteiger partial charge in [-0.1, -0.05) is 29.4 Å². The Labute approximate surface area is 138 Å². The second-order valence-corrected chi connectivity index (χ2v) is 4.77. The lowest BCUT2D eigenvalue weighted by Gasteiger charge is -2.11. The number of aromatic nitrogens is 2. The highest BCUT2D eigenvalue weighted by atomic mass is 16.5. The van der Waals surface area contributed by atoms with Crippen molar-refractivity contribution in [3.63, 3.8) is 0 Å². The van der Waals surface area contributed by atoms with Crippen LogP contribution in [0.1, 0.15) is 10.4 Å². The Hall–Kier alpha value is -3.35. The minimum absolute atomic E-state index is 0.00345. The largest absolute Gasteiger partial charge is 0.493 e. The van der Waals surface area contributed by atoms with Gasteiger partial charge in [0.15, 0.2) is 11.5 Å². The van der Waals surface area contributed by atoms with E-state index in [1.54, 1.807) is 18.2 Å². The van der Waals surface area contributed by atoms with Gasteiger partial charge in [0.05, 0.1) is 19.8 Å². The van der Waals surface area contributed by atoms with E-state index in [2.05, 4.69) is 15.5 Å². The molecule has 0 aliphatic carbocycles. The number of benzene rings is 2. The minimum atomic E-state index is -0.436. The summed E-state index contributed by atoms with van der Waals surface area (Å²) < 4.78 is 15.9. The van der Waals surface area contributed by atoms with Crippen LogP contribution in [0.15, 0.2) is 52.9 Å². The number of hydrogen-bond donors (Lipinski definition) is 1. The maximum Gasteiger partial charge on any atom is 0.322 e. The Kier molecular flexibility index (Phi) is 4.42. The lowest BCUT2D eigenvalue weighted by molar-refractivity contribution is 0.102. The van der Waals surface area contributed by atoms with Gasteiger partial charge in [-0.2, -0.15) is 0 Å². The fourth-order valence-corrected chi connectivity index (χ4v) is 2.20. The molecule has 0 atom stereocenters. The van der Waals surface area contributed by atoms with Gasteiger partial charge in [0, 0.05) is 5.56 Å². The second-order valence-electron chi connectivity index (χ2n) is 4.77. The first-order valence-electron chi connectivity index (χ1n) is 7.14. The third-order valence-corrected chi connectivity index (χ3v) is 3.31. The van der Waals surface area contributed by atoms with Gasteiger partial charge in [-0.05, 0) is 24.3 Å². The van der Waals surface area contributed by atoms with E-state index < -0.39 is 5.91 Å². The number of para-hydroxylation sites is 1. The van der Waals surface area contributed by atoms with Crippen molar-refractivity contribution < 1.29 is 18.7 Å². The molecule has 0 spiro atoms. The molecule has 0 saturated heterocycles. The molecule has 0 fully saturated rings. The van der Waals surface area contributed by atoms with Crippen LogP contribution in [0.25, 0.3) is 11.5 Å². The van der Waals surface area contributed by atoms with Gasteiger partial charge in [-0.15, -0.1) is 5.10 Å². The summed E-state index contributed by atoms with van der Waals surface area (Å²) in [6, 6.07) is 14.3. The maximum atomic E-state index is 12.4. The molecule has 0 radical (unpaired) electrons. The molecule has 7 nitrogen and oxygen atoms in total. The molecule has 7 heteroatoms. The van der Waals surface area contributed by atoms with Crippen molar-refractivity contribution in [3.05, 3.63) is 54.1 Å². The molecule has 122 valence electrons. The van der Waals surface area contributed by atoms with Crippen LogP contribution >= 0.6 is 0 Å². The van der Waals surface area contributed by atoms with Crippen LogP contribution in [-0.4, -0.2) is 30.3 Å². The first-order chi connectivity index (χ1) is 11.7. The highest BCUT2D eigenvalue weighted by molar-refractivity contribution is 6.05. The third-order valence-electron chi connectivity index (χ3n) is 3.31. The third kappa shape index (κ3) is 3.05. The topological polar surface area (TPSA) is 86.5 Å². The standard InChI is InChI=1S/C17H15N3O4/c1-22-13-10-6-9-12(14(13)23-2)15(21)18-17-20-19-16(24-17)11-7-4-3-5-8-11/h3-10H,1-2H3,(H,18,20,21). The Morgan fingerprint density at radius 1 is 1.00 bits per heavy atom. The molecule has 0 aliphatic rings. The number of rotatable bonds is 5. The Morgan fingerprint density at radius 3 is 2.50 bits per heavy atom. The van der Waals surface area contributed by atoms with Crippen molar-refractivity contribution in [2.45, 2.75) is 0 Å². The summed E-state index contributed by atoms with van der Waals surface area (Å²) in [6.07, 6.45) is 0. The van der Waals surface area contributed by atoms with E-state index >= 15 is 0 Å². The lowest BCUT2D eigenvalue weighted by atomic mass is 10.1. The number of carbonyl (C=O) groups excluding carboxylic acids is 1. The molecule has 3 rings (SSSR count). The maximum absolute atomic E-state index is 12.4. The SMILES string of the molecule is COc1cccc(C(=O)Nc2nnc(-c3ccccc3)o2)c1OC. The molecule has 1 aromatic heterocycles. The number of nitrogens with one attached hydrogen (secondary N) is 1. The molecule has 3 aromatic rings. The summed E-state index contributed by atoms with van der Waals surface area (Å²) in [7, 11) is 2.97. The smallest absolute Gasteiger partial charge is 0.322 e. The van der Waals surface area contributed by atoms with Crippen LogP contribution in [0.3, 0.4) is 0 Å². The first kappa shape index (κ1) is 15.5. The minimum Gasteiger partial charge on any atom is -0.493 e. The van der Waals surface area contributed by atoms with E-state index in [1.165, 1.54) is 14.2 Å². The van der Waals surface area contributed by atoms with Crippen molar-refractivity contribution in [1.29, 1.82) is 0 Å². The summed E-state index contributed by atoms with van der Waals surface area (Å²) in [5.74, 6) is 0.679. The number of ether oxygens (including phenoxy) is 2. The van der Waals surface area contributed by atoms with Crippen LogP contribution in [0.5, 0.6) is 11.5 Å². The molecule has 2 aromatic carbocycles. The van der Waals surface area contributed by atoms with E-state index in [1.807, 2.05) is 30.3 Å². The predicted octanol–water partition coefficient (Wildman–Crippen LogP) is 3.01. The molecular formula is C17H15N3O4. The summed E-state index contributed by atoms with van der Waals surface area (Å²) in [6.45, 7) is 0. The van der Waals surface area contributed by atoms with Gasteiger partial charge in [-0.25, -0.2) is 0 Å². The summed E-state index contributed by atoms with van der Waals surface area (Å²) in [4.78, 5) is 12.4. The first-order valence-corrected chi connectivity index (χ1v) is 7.14. The monoisotopic (exact) mass is 325 g/mol. The van der Waals surface area contributed by atoms with E-state index in [0.29, 0.717) is 23.0 Å². The Balaban J connectivity index is 1.82. The molecule has 0 saturated carbocycles. The Morgan fingerprint density at radius 2 is 1.79 bits per heavy atom.